The first-order valence-electron chi connectivity index (χ1n) is 9.04. The van der Waals surface area contributed by atoms with Gasteiger partial charge in [0.25, 0.3) is 0 Å². The van der Waals surface area contributed by atoms with Crippen LogP contribution in [0.5, 0.6) is 0 Å². The number of hydrogen-bond donors (Lipinski definition) is 0. The van der Waals surface area contributed by atoms with Gasteiger partial charge in [-0.2, -0.15) is 5.10 Å². The van der Waals surface area contributed by atoms with E-state index >= 15 is 0 Å². The number of nitrogens with zero attached hydrogens (tertiary/aromatic N) is 3. The lowest BCUT2D eigenvalue weighted by molar-refractivity contribution is 0.0835. The maximum absolute atomic E-state index is 5.58. The molecule has 0 spiro atoms. The molecule has 2 fully saturated rings. The van der Waals surface area contributed by atoms with Crippen molar-refractivity contribution < 1.29 is 9.47 Å². The van der Waals surface area contributed by atoms with Crippen LogP contribution in [0, 0.1) is 0 Å². The molecule has 2 aliphatic heterocycles. The summed E-state index contributed by atoms with van der Waals surface area (Å²) in [4.78, 5) is 4.94. The highest BCUT2D eigenvalue weighted by atomic mass is 16.5. The molecule has 2 aromatic rings. The summed E-state index contributed by atoms with van der Waals surface area (Å²) in [5.74, 6) is 2.96. The molecule has 0 aliphatic carbocycles. The molecular weight excluding hydrogens is 302 g/mol. The maximum Gasteiger partial charge on any atom is 0.154 e. The van der Waals surface area contributed by atoms with Crippen molar-refractivity contribution in [3.8, 4) is 0 Å². The predicted molar refractivity (Wildman–Crippen MR) is 91.1 cm³/mol. The molecule has 0 radical (unpaired) electrons. The van der Waals surface area contributed by atoms with Crippen molar-refractivity contribution in [3.05, 3.63) is 47.5 Å². The van der Waals surface area contributed by atoms with Crippen LogP contribution in [0.25, 0.3) is 0 Å². The van der Waals surface area contributed by atoms with Crippen molar-refractivity contribution in [1.82, 2.24) is 14.8 Å². The molecule has 1 aromatic carbocycles. The fourth-order valence-corrected chi connectivity index (χ4v) is 3.59. The minimum Gasteiger partial charge on any atom is -0.381 e. The van der Waals surface area contributed by atoms with Crippen LogP contribution in [-0.4, -0.2) is 41.2 Å². The third-order valence-electron chi connectivity index (χ3n) is 5.05. The number of aryl methyl sites for hydroxylation is 2. The zero-order chi connectivity index (χ0) is 16.2. The SMILES string of the molecule is c1ccc(CCn2nc(C3CCOCC3)nc2C2CCOC2)cc1. The fraction of sp³-hybridized carbons (Fsp3) is 0.579. The number of hydrogen-bond acceptors (Lipinski definition) is 4. The van der Waals surface area contributed by atoms with Gasteiger partial charge < -0.3 is 9.47 Å². The Bertz CT molecular complexity index is 644. The van der Waals surface area contributed by atoms with E-state index in [2.05, 4.69) is 35.0 Å². The highest BCUT2D eigenvalue weighted by molar-refractivity contribution is 5.15. The second-order valence-corrected chi connectivity index (χ2v) is 6.73. The van der Waals surface area contributed by atoms with E-state index in [1.54, 1.807) is 0 Å². The van der Waals surface area contributed by atoms with Gasteiger partial charge in [-0.05, 0) is 31.2 Å². The molecule has 4 rings (SSSR count). The van der Waals surface area contributed by atoms with Crippen molar-refractivity contribution in [1.29, 1.82) is 0 Å². The summed E-state index contributed by atoms with van der Waals surface area (Å²) < 4.78 is 13.2. The van der Waals surface area contributed by atoms with Gasteiger partial charge >= 0.3 is 0 Å². The van der Waals surface area contributed by atoms with Crippen LogP contribution in [0.2, 0.25) is 0 Å². The van der Waals surface area contributed by atoms with Crippen molar-refractivity contribution in [2.75, 3.05) is 26.4 Å². The van der Waals surface area contributed by atoms with Crippen LogP contribution in [0.4, 0.5) is 0 Å². The van der Waals surface area contributed by atoms with Gasteiger partial charge in [0, 0.05) is 38.2 Å². The zero-order valence-electron chi connectivity index (χ0n) is 14.1. The van der Waals surface area contributed by atoms with Crippen LogP contribution in [-0.2, 0) is 22.4 Å². The molecule has 1 aromatic heterocycles. The van der Waals surface area contributed by atoms with Gasteiger partial charge in [0.1, 0.15) is 5.82 Å². The van der Waals surface area contributed by atoms with Crippen LogP contribution in [0.1, 0.15) is 48.3 Å². The Kier molecular flexibility index (Phi) is 4.90. The lowest BCUT2D eigenvalue weighted by atomic mass is 10.00. The van der Waals surface area contributed by atoms with E-state index < -0.39 is 0 Å². The first-order chi connectivity index (χ1) is 11.9. The van der Waals surface area contributed by atoms with E-state index in [4.69, 9.17) is 19.6 Å². The van der Waals surface area contributed by atoms with Crippen molar-refractivity contribution in [3.63, 3.8) is 0 Å². The van der Waals surface area contributed by atoms with Crippen molar-refractivity contribution >= 4 is 0 Å². The predicted octanol–water partition coefficient (Wildman–Crippen LogP) is 2.92. The molecule has 0 amide bonds. The lowest BCUT2D eigenvalue weighted by Crippen LogP contribution is -2.15. The second kappa shape index (κ2) is 7.45. The molecule has 24 heavy (non-hydrogen) atoms. The summed E-state index contributed by atoms with van der Waals surface area (Å²) in [5, 5.41) is 4.89. The molecule has 5 heteroatoms. The molecule has 2 aliphatic rings. The molecule has 5 nitrogen and oxygen atoms in total. The molecular formula is C19H25N3O2. The molecule has 128 valence electrons. The minimum atomic E-state index is 0.391. The largest absolute Gasteiger partial charge is 0.381 e. The summed E-state index contributed by atoms with van der Waals surface area (Å²) in [5.41, 5.74) is 1.34. The van der Waals surface area contributed by atoms with E-state index in [1.807, 2.05) is 0 Å². The minimum absolute atomic E-state index is 0.391. The maximum atomic E-state index is 5.58. The Morgan fingerprint density at radius 2 is 1.71 bits per heavy atom. The number of rotatable bonds is 5. The Morgan fingerprint density at radius 1 is 0.958 bits per heavy atom. The number of benzene rings is 1. The summed E-state index contributed by atoms with van der Waals surface area (Å²) in [6.45, 7) is 4.14. The lowest BCUT2D eigenvalue weighted by Gasteiger charge is -2.18. The van der Waals surface area contributed by atoms with Gasteiger partial charge in [0.2, 0.25) is 0 Å². The standard InChI is InChI=1S/C19H25N3O2/c1-2-4-15(5-3-1)6-10-22-19(17-9-13-24-14-17)20-18(21-22)16-7-11-23-12-8-16/h1-5,16-17H,6-14H2. The van der Waals surface area contributed by atoms with E-state index in [1.165, 1.54) is 5.56 Å². The molecule has 3 heterocycles. The van der Waals surface area contributed by atoms with Crippen LogP contribution in [0.15, 0.2) is 30.3 Å². The smallest absolute Gasteiger partial charge is 0.154 e. The van der Waals surface area contributed by atoms with E-state index in [0.29, 0.717) is 11.8 Å². The monoisotopic (exact) mass is 327 g/mol. The third-order valence-corrected chi connectivity index (χ3v) is 5.05. The summed E-state index contributed by atoms with van der Waals surface area (Å²) in [6.07, 6.45) is 4.10. The zero-order valence-corrected chi connectivity index (χ0v) is 14.1. The van der Waals surface area contributed by atoms with Crippen molar-refractivity contribution in [2.24, 2.45) is 0 Å². The van der Waals surface area contributed by atoms with Gasteiger partial charge in [0.05, 0.1) is 6.61 Å². The second-order valence-electron chi connectivity index (χ2n) is 6.73. The molecule has 0 N–H and O–H groups in total. The average Bonchev–Trinajstić information content (AvgIpc) is 3.31. The highest BCUT2D eigenvalue weighted by Crippen LogP contribution is 2.29. The summed E-state index contributed by atoms with van der Waals surface area (Å²) in [6, 6.07) is 10.6. The first-order valence-corrected chi connectivity index (χ1v) is 9.04. The molecule has 0 bridgehead atoms. The van der Waals surface area contributed by atoms with Gasteiger partial charge in [-0.3, -0.25) is 0 Å². The van der Waals surface area contributed by atoms with Crippen LogP contribution >= 0.6 is 0 Å². The van der Waals surface area contributed by atoms with E-state index in [-0.39, 0.29) is 0 Å². The average molecular weight is 327 g/mol. The van der Waals surface area contributed by atoms with Gasteiger partial charge in [-0.25, -0.2) is 9.67 Å². The molecule has 0 saturated carbocycles. The Hall–Kier alpha value is -1.72. The molecule has 2 saturated heterocycles. The summed E-state index contributed by atoms with van der Waals surface area (Å²) >= 11 is 0. The van der Waals surface area contributed by atoms with Crippen LogP contribution < -0.4 is 0 Å². The first kappa shape index (κ1) is 15.8. The van der Waals surface area contributed by atoms with Crippen molar-refractivity contribution in [2.45, 2.75) is 44.1 Å². The molecule has 1 unspecified atom stereocenters. The van der Waals surface area contributed by atoms with Gasteiger partial charge in [-0.1, -0.05) is 30.3 Å². The van der Waals surface area contributed by atoms with Gasteiger partial charge in [0.15, 0.2) is 5.82 Å². The quantitative estimate of drug-likeness (QED) is 0.847. The normalized spacial score (nSPS) is 22.1. The van der Waals surface area contributed by atoms with E-state index in [0.717, 1.165) is 70.3 Å². The topological polar surface area (TPSA) is 49.2 Å². The fourth-order valence-electron chi connectivity index (χ4n) is 3.59. The highest BCUT2D eigenvalue weighted by Gasteiger charge is 2.27. The Morgan fingerprint density at radius 3 is 2.46 bits per heavy atom. The van der Waals surface area contributed by atoms with E-state index in [9.17, 15) is 0 Å². The Labute approximate surface area is 143 Å². The summed E-state index contributed by atoms with van der Waals surface area (Å²) in [7, 11) is 0. The number of aromatic nitrogens is 3. The van der Waals surface area contributed by atoms with Gasteiger partial charge in [-0.15, -0.1) is 0 Å². The third kappa shape index (κ3) is 3.52. The Balaban J connectivity index is 1.54. The van der Waals surface area contributed by atoms with Crippen LogP contribution in [0.3, 0.4) is 0 Å². The number of ether oxygens (including phenoxy) is 2. The molecule has 1 atom stereocenters.